The average molecular weight is 242 g/mol. The number of aliphatic hydroxyl groups excluding tert-OH is 1. The van der Waals surface area contributed by atoms with Crippen LogP contribution in [0.4, 0.5) is 0 Å². The molecule has 1 rings (SSSR count). The Morgan fingerprint density at radius 2 is 1.88 bits per heavy atom. The van der Waals surface area contributed by atoms with Gasteiger partial charge in [-0.3, -0.25) is 0 Å². The first-order valence-corrected chi connectivity index (χ1v) is 7.31. The summed E-state index contributed by atoms with van der Waals surface area (Å²) in [5, 5.41) is 13.5. The van der Waals surface area contributed by atoms with E-state index in [1.54, 1.807) is 0 Å². The van der Waals surface area contributed by atoms with Gasteiger partial charge in [-0.25, -0.2) is 0 Å². The molecule has 0 aromatic rings. The van der Waals surface area contributed by atoms with Crippen LogP contribution >= 0.6 is 0 Å². The van der Waals surface area contributed by atoms with Crippen molar-refractivity contribution in [2.45, 2.75) is 58.6 Å². The van der Waals surface area contributed by atoms with Crippen LogP contribution in [0.25, 0.3) is 0 Å². The summed E-state index contributed by atoms with van der Waals surface area (Å²) in [6.45, 7) is 10.2. The lowest BCUT2D eigenvalue weighted by Gasteiger charge is -2.31. The van der Waals surface area contributed by atoms with Gasteiger partial charge in [-0.2, -0.15) is 0 Å². The highest BCUT2D eigenvalue weighted by atomic mass is 16.3. The van der Waals surface area contributed by atoms with Crippen LogP contribution in [0.2, 0.25) is 0 Å². The van der Waals surface area contributed by atoms with E-state index in [0.29, 0.717) is 6.04 Å². The fourth-order valence-electron chi connectivity index (χ4n) is 2.75. The molecule has 1 aliphatic rings. The molecule has 3 atom stereocenters. The van der Waals surface area contributed by atoms with Crippen LogP contribution in [-0.4, -0.2) is 48.3 Å². The standard InChI is InChI=1S/C14H30N2O/c1-4-16(5-2)11-13(17)10-15-14-9-7-6-8-12(14)3/h12-15,17H,4-11H2,1-3H3. The smallest absolute Gasteiger partial charge is 0.0791 e. The maximum absolute atomic E-state index is 9.99. The first kappa shape index (κ1) is 14.9. The summed E-state index contributed by atoms with van der Waals surface area (Å²) in [5.41, 5.74) is 0. The number of rotatable bonds is 7. The van der Waals surface area contributed by atoms with Crippen LogP contribution in [0.15, 0.2) is 0 Å². The first-order valence-electron chi connectivity index (χ1n) is 7.31. The van der Waals surface area contributed by atoms with Crippen LogP contribution in [0.3, 0.4) is 0 Å². The zero-order valence-corrected chi connectivity index (χ0v) is 11.8. The SMILES string of the molecule is CCN(CC)CC(O)CNC1CCCCC1C. The molecule has 1 fully saturated rings. The molecule has 0 heterocycles. The Balaban J connectivity index is 2.20. The highest BCUT2D eigenvalue weighted by molar-refractivity contribution is 4.79. The minimum absolute atomic E-state index is 0.232. The minimum Gasteiger partial charge on any atom is -0.390 e. The third-order valence-corrected chi connectivity index (χ3v) is 4.09. The van der Waals surface area contributed by atoms with Crippen molar-refractivity contribution in [3.05, 3.63) is 0 Å². The normalized spacial score (nSPS) is 27.4. The van der Waals surface area contributed by atoms with Gasteiger partial charge in [0.05, 0.1) is 6.10 Å². The summed E-state index contributed by atoms with van der Waals surface area (Å²) >= 11 is 0. The molecule has 102 valence electrons. The van der Waals surface area contributed by atoms with E-state index >= 15 is 0 Å². The van der Waals surface area contributed by atoms with Gasteiger partial charge in [0.2, 0.25) is 0 Å². The first-order chi connectivity index (χ1) is 8.17. The lowest BCUT2D eigenvalue weighted by molar-refractivity contribution is 0.108. The molecular formula is C14H30N2O. The quantitative estimate of drug-likeness (QED) is 0.715. The Kier molecular flexibility index (Phi) is 7.09. The summed E-state index contributed by atoms with van der Waals surface area (Å²) < 4.78 is 0. The van der Waals surface area contributed by atoms with Gasteiger partial charge >= 0.3 is 0 Å². The number of aliphatic hydroxyl groups is 1. The molecule has 3 nitrogen and oxygen atoms in total. The van der Waals surface area contributed by atoms with E-state index in [-0.39, 0.29) is 6.10 Å². The molecule has 2 N–H and O–H groups in total. The summed E-state index contributed by atoms with van der Waals surface area (Å²) in [6.07, 6.45) is 5.10. The minimum atomic E-state index is -0.232. The Hall–Kier alpha value is -0.120. The second-order valence-electron chi connectivity index (χ2n) is 5.42. The van der Waals surface area contributed by atoms with E-state index in [9.17, 15) is 5.11 Å². The average Bonchev–Trinajstić information content (AvgIpc) is 2.35. The van der Waals surface area contributed by atoms with Crippen LogP contribution in [0.1, 0.15) is 46.5 Å². The van der Waals surface area contributed by atoms with Crippen molar-refractivity contribution in [3.8, 4) is 0 Å². The molecule has 3 unspecified atom stereocenters. The van der Waals surface area contributed by atoms with Crippen LogP contribution in [-0.2, 0) is 0 Å². The Morgan fingerprint density at radius 1 is 1.24 bits per heavy atom. The molecule has 0 radical (unpaired) electrons. The molecule has 1 saturated carbocycles. The Morgan fingerprint density at radius 3 is 2.47 bits per heavy atom. The van der Waals surface area contributed by atoms with Crippen molar-refractivity contribution in [3.63, 3.8) is 0 Å². The van der Waals surface area contributed by atoms with Gasteiger partial charge in [-0.15, -0.1) is 0 Å². The molecule has 0 aliphatic heterocycles. The van der Waals surface area contributed by atoms with Crippen molar-refractivity contribution < 1.29 is 5.11 Å². The van der Waals surface area contributed by atoms with E-state index in [4.69, 9.17) is 0 Å². The molecule has 0 bridgehead atoms. The van der Waals surface area contributed by atoms with E-state index in [0.717, 1.165) is 32.1 Å². The monoisotopic (exact) mass is 242 g/mol. The summed E-state index contributed by atoms with van der Waals surface area (Å²) in [4.78, 5) is 2.27. The van der Waals surface area contributed by atoms with Gasteiger partial charge in [0.1, 0.15) is 0 Å². The van der Waals surface area contributed by atoms with Gasteiger partial charge in [0, 0.05) is 19.1 Å². The lowest BCUT2D eigenvalue weighted by atomic mass is 9.86. The molecule has 0 saturated heterocycles. The van der Waals surface area contributed by atoms with Crippen LogP contribution in [0, 0.1) is 5.92 Å². The topological polar surface area (TPSA) is 35.5 Å². The zero-order valence-electron chi connectivity index (χ0n) is 11.8. The largest absolute Gasteiger partial charge is 0.390 e. The number of hydrogen-bond donors (Lipinski definition) is 2. The molecule has 0 aromatic carbocycles. The fraction of sp³-hybridized carbons (Fsp3) is 1.00. The maximum Gasteiger partial charge on any atom is 0.0791 e. The predicted octanol–water partition coefficient (Wildman–Crippen LogP) is 1.86. The van der Waals surface area contributed by atoms with E-state index in [1.165, 1.54) is 25.7 Å². The third kappa shape index (κ3) is 5.36. The van der Waals surface area contributed by atoms with Crippen molar-refractivity contribution >= 4 is 0 Å². The van der Waals surface area contributed by atoms with Crippen molar-refractivity contribution in [2.24, 2.45) is 5.92 Å². The number of nitrogens with zero attached hydrogens (tertiary/aromatic N) is 1. The molecular weight excluding hydrogens is 212 g/mol. The van der Waals surface area contributed by atoms with E-state index in [2.05, 4.69) is 31.0 Å². The maximum atomic E-state index is 9.99. The molecule has 3 heteroatoms. The third-order valence-electron chi connectivity index (χ3n) is 4.09. The van der Waals surface area contributed by atoms with Crippen LogP contribution < -0.4 is 5.32 Å². The summed E-state index contributed by atoms with van der Waals surface area (Å²) in [7, 11) is 0. The fourth-order valence-corrected chi connectivity index (χ4v) is 2.75. The van der Waals surface area contributed by atoms with Crippen molar-refractivity contribution in [1.29, 1.82) is 0 Å². The highest BCUT2D eigenvalue weighted by Crippen LogP contribution is 2.23. The van der Waals surface area contributed by atoms with Gasteiger partial charge < -0.3 is 15.3 Å². The molecule has 1 aliphatic carbocycles. The highest BCUT2D eigenvalue weighted by Gasteiger charge is 2.21. The van der Waals surface area contributed by atoms with E-state index < -0.39 is 0 Å². The van der Waals surface area contributed by atoms with Crippen molar-refractivity contribution in [2.75, 3.05) is 26.2 Å². The zero-order chi connectivity index (χ0) is 12.7. The van der Waals surface area contributed by atoms with E-state index in [1.807, 2.05) is 0 Å². The molecule has 17 heavy (non-hydrogen) atoms. The predicted molar refractivity (Wildman–Crippen MR) is 73.2 cm³/mol. The number of nitrogens with one attached hydrogen (secondary N) is 1. The number of hydrogen-bond acceptors (Lipinski definition) is 3. The molecule has 0 spiro atoms. The second kappa shape index (κ2) is 8.06. The van der Waals surface area contributed by atoms with Crippen LogP contribution in [0.5, 0.6) is 0 Å². The Labute approximate surface area is 107 Å². The molecule has 0 aromatic heterocycles. The number of likely N-dealkylation sites (N-methyl/N-ethyl adjacent to an activating group) is 1. The Bertz CT molecular complexity index is 195. The lowest BCUT2D eigenvalue weighted by Crippen LogP contribution is -2.44. The summed E-state index contributed by atoms with van der Waals surface area (Å²) in [6, 6.07) is 0.620. The second-order valence-corrected chi connectivity index (χ2v) is 5.42. The van der Waals surface area contributed by atoms with Gasteiger partial charge in [-0.1, -0.05) is 33.6 Å². The van der Waals surface area contributed by atoms with Crippen molar-refractivity contribution in [1.82, 2.24) is 10.2 Å². The summed E-state index contributed by atoms with van der Waals surface area (Å²) in [5.74, 6) is 0.768. The van der Waals surface area contributed by atoms with Gasteiger partial charge in [-0.05, 0) is 31.8 Å². The van der Waals surface area contributed by atoms with Gasteiger partial charge in [0.25, 0.3) is 0 Å². The molecule has 0 amide bonds. The van der Waals surface area contributed by atoms with Gasteiger partial charge in [0.15, 0.2) is 0 Å².